The van der Waals surface area contributed by atoms with E-state index in [0.29, 0.717) is 11.7 Å². The Bertz CT molecular complexity index is 413. The molecule has 0 aromatic carbocycles. The number of aliphatic hydroxyl groups is 1. The van der Waals surface area contributed by atoms with Gasteiger partial charge in [0.15, 0.2) is 5.75 Å². The molecule has 1 atom stereocenters. The molecule has 1 N–H and O–H groups in total. The van der Waals surface area contributed by atoms with Gasteiger partial charge in [0, 0.05) is 7.05 Å². The van der Waals surface area contributed by atoms with Crippen LogP contribution in [0.25, 0.3) is 0 Å². The predicted octanol–water partition coefficient (Wildman–Crippen LogP) is 2.89. The number of hydrogen-bond acceptors (Lipinski definition) is 5. The monoisotopic (exact) mass is 295 g/mol. The topological polar surface area (TPSA) is 58.5 Å². The van der Waals surface area contributed by atoms with Crippen molar-refractivity contribution in [2.75, 3.05) is 18.6 Å². The van der Waals surface area contributed by atoms with Crippen LogP contribution in [-0.4, -0.2) is 40.9 Å². The van der Waals surface area contributed by atoms with Crippen molar-refractivity contribution in [1.29, 1.82) is 0 Å². The van der Waals surface area contributed by atoms with E-state index in [9.17, 15) is 5.11 Å². The lowest BCUT2D eigenvalue weighted by Gasteiger charge is -2.29. The summed E-state index contributed by atoms with van der Waals surface area (Å²) < 4.78 is 5.54. The highest BCUT2D eigenvalue weighted by molar-refractivity contribution is 5.31. The maximum absolute atomic E-state index is 9.61. The molecule has 0 unspecified atom stereocenters. The first kappa shape index (κ1) is 17.7. The van der Waals surface area contributed by atoms with Crippen molar-refractivity contribution >= 4 is 5.95 Å². The molecule has 5 nitrogen and oxygen atoms in total. The molecule has 120 valence electrons. The molecule has 0 radical (unpaired) electrons. The van der Waals surface area contributed by atoms with Crippen molar-refractivity contribution < 1.29 is 9.84 Å². The minimum Gasteiger partial charge on any atom is -0.488 e. The molecule has 0 aliphatic heterocycles. The second kappa shape index (κ2) is 7.59. The Balaban J connectivity index is 2.69. The largest absolute Gasteiger partial charge is 0.488 e. The first-order valence-electron chi connectivity index (χ1n) is 7.55. The highest BCUT2D eigenvalue weighted by Gasteiger charge is 2.20. The highest BCUT2D eigenvalue weighted by atomic mass is 16.5. The van der Waals surface area contributed by atoms with Crippen molar-refractivity contribution in [3.8, 4) is 5.75 Å². The fourth-order valence-corrected chi connectivity index (χ4v) is 1.99. The third kappa shape index (κ3) is 6.29. The summed E-state index contributed by atoms with van der Waals surface area (Å²) in [5.41, 5.74) is 0.254. The maximum atomic E-state index is 9.61. The molecule has 1 rings (SSSR count). The zero-order valence-corrected chi connectivity index (χ0v) is 14.1. The molecule has 0 saturated carbocycles. The molecule has 0 fully saturated rings. The molecule has 0 spiro atoms. The number of rotatable bonds is 7. The molecule has 0 aliphatic carbocycles. The van der Waals surface area contributed by atoms with Gasteiger partial charge in [-0.2, -0.15) is 0 Å². The van der Waals surface area contributed by atoms with Crippen molar-refractivity contribution in [3.05, 3.63) is 12.4 Å². The lowest BCUT2D eigenvalue weighted by Crippen LogP contribution is -2.36. The first-order chi connectivity index (χ1) is 9.73. The van der Waals surface area contributed by atoms with Crippen LogP contribution in [0.5, 0.6) is 5.75 Å². The Morgan fingerprint density at radius 2 is 1.81 bits per heavy atom. The Labute approximate surface area is 128 Å². The van der Waals surface area contributed by atoms with Gasteiger partial charge >= 0.3 is 0 Å². The van der Waals surface area contributed by atoms with Crippen LogP contribution in [0.2, 0.25) is 0 Å². The van der Waals surface area contributed by atoms with E-state index in [2.05, 4.69) is 30.7 Å². The van der Waals surface area contributed by atoms with Crippen LogP contribution < -0.4 is 9.64 Å². The maximum Gasteiger partial charge on any atom is 0.225 e. The molecule has 21 heavy (non-hydrogen) atoms. The van der Waals surface area contributed by atoms with Crippen LogP contribution in [-0.2, 0) is 0 Å². The predicted molar refractivity (Wildman–Crippen MR) is 85.8 cm³/mol. The van der Waals surface area contributed by atoms with E-state index in [4.69, 9.17) is 4.74 Å². The average Bonchev–Trinajstić information content (AvgIpc) is 2.38. The molecule has 0 bridgehead atoms. The van der Waals surface area contributed by atoms with E-state index < -0.39 is 0 Å². The fourth-order valence-electron chi connectivity index (χ4n) is 1.99. The zero-order valence-electron chi connectivity index (χ0n) is 14.1. The standard InChI is InChI=1S/C16H29N3O2/c1-12(2)21-14-9-17-15(18-10-14)19(6)13(11-20)7-8-16(3,4)5/h9-10,12-13,20H,7-8,11H2,1-6H3/t13-/m1/s1. The first-order valence-corrected chi connectivity index (χ1v) is 7.55. The molecular weight excluding hydrogens is 266 g/mol. The summed E-state index contributed by atoms with van der Waals surface area (Å²) in [6.07, 6.45) is 5.41. The van der Waals surface area contributed by atoms with E-state index >= 15 is 0 Å². The van der Waals surface area contributed by atoms with Crippen LogP contribution in [0.15, 0.2) is 12.4 Å². The second-order valence-corrected chi connectivity index (χ2v) is 6.93. The molecule has 0 aliphatic rings. The quantitative estimate of drug-likeness (QED) is 0.838. The summed E-state index contributed by atoms with van der Waals surface area (Å²) in [4.78, 5) is 10.6. The van der Waals surface area contributed by atoms with E-state index in [-0.39, 0.29) is 24.2 Å². The van der Waals surface area contributed by atoms with Crippen molar-refractivity contribution in [3.63, 3.8) is 0 Å². The molecule has 1 aromatic heterocycles. The summed E-state index contributed by atoms with van der Waals surface area (Å²) >= 11 is 0. The lowest BCUT2D eigenvalue weighted by atomic mass is 9.88. The van der Waals surface area contributed by atoms with Gasteiger partial charge in [-0.1, -0.05) is 20.8 Å². The van der Waals surface area contributed by atoms with Gasteiger partial charge in [0.2, 0.25) is 5.95 Å². The molecule has 1 aromatic rings. The van der Waals surface area contributed by atoms with E-state index in [1.807, 2.05) is 25.8 Å². The summed E-state index contributed by atoms with van der Waals surface area (Å²) in [5.74, 6) is 1.27. The van der Waals surface area contributed by atoms with Crippen LogP contribution in [0.1, 0.15) is 47.5 Å². The number of aliphatic hydroxyl groups excluding tert-OH is 1. The van der Waals surface area contributed by atoms with Gasteiger partial charge in [-0.3, -0.25) is 0 Å². The minimum absolute atomic E-state index is 0.0288. The summed E-state index contributed by atoms with van der Waals surface area (Å²) in [6, 6.07) is 0.0288. The number of likely N-dealkylation sites (N-methyl/N-ethyl adjacent to an activating group) is 1. The average molecular weight is 295 g/mol. The zero-order chi connectivity index (χ0) is 16.0. The van der Waals surface area contributed by atoms with Crippen LogP contribution in [0.4, 0.5) is 5.95 Å². The molecule has 0 saturated heterocycles. The Morgan fingerprint density at radius 3 is 2.24 bits per heavy atom. The van der Waals surface area contributed by atoms with Crippen LogP contribution >= 0.6 is 0 Å². The van der Waals surface area contributed by atoms with Crippen molar-refractivity contribution in [1.82, 2.24) is 9.97 Å². The summed E-state index contributed by atoms with van der Waals surface area (Å²) in [5, 5.41) is 9.61. The van der Waals surface area contributed by atoms with Gasteiger partial charge in [-0.05, 0) is 32.1 Å². The Hall–Kier alpha value is -1.36. The van der Waals surface area contributed by atoms with Crippen molar-refractivity contribution in [2.24, 2.45) is 5.41 Å². The van der Waals surface area contributed by atoms with Crippen LogP contribution in [0, 0.1) is 5.41 Å². The van der Waals surface area contributed by atoms with Gasteiger partial charge in [-0.15, -0.1) is 0 Å². The third-order valence-corrected chi connectivity index (χ3v) is 3.29. The lowest BCUT2D eigenvalue weighted by molar-refractivity contribution is 0.236. The second-order valence-electron chi connectivity index (χ2n) is 6.93. The van der Waals surface area contributed by atoms with Crippen LogP contribution in [0.3, 0.4) is 0 Å². The summed E-state index contributed by atoms with van der Waals surface area (Å²) in [6.45, 7) is 10.6. The van der Waals surface area contributed by atoms with Gasteiger partial charge in [0.1, 0.15) is 0 Å². The number of anilines is 1. The minimum atomic E-state index is 0.0288. The fraction of sp³-hybridized carbons (Fsp3) is 0.750. The summed E-state index contributed by atoms with van der Waals surface area (Å²) in [7, 11) is 1.92. The Kier molecular flexibility index (Phi) is 6.40. The van der Waals surface area contributed by atoms with E-state index in [1.165, 1.54) is 0 Å². The van der Waals surface area contributed by atoms with Gasteiger partial charge in [0.05, 0.1) is 31.1 Å². The molecular formula is C16H29N3O2. The number of nitrogens with zero attached hydrogens (tertiary/aromatic N) is 3. The normalized spacial score (nSPS) is 13.3. The van der Waals surface area contributed by atoms with E-state index in [0.717, 1.165) is 12.8 Å². The third-order valence-electron chi connectivity index (χ3n) is 3.29. The highest BCUT2D eigenvalue weighted by Crippen LogP contribution is 2.24. The van der Waals surface area contributed by atoms with Gasteiger partial charge in [0.25, 0.3) is 0 Å². The number of ether oxygens (including phenoxy) is 1. The molecule has 5 heteroatoms. The van der Waals surface area contributed by atoms with Gasteiger partial charge in [-0.25, -0.2) is 9.97 Å². The molecule has 0 amide bonds. The smallest absolute Gasteiger partial charge is 0.225 e. The SMILES string of the molecule is CC(C)Oc1cnc(N(C)[C@@H](CO)CCC(C)(C)C)nc1. The number of hydrogen-bond donors (Lipinski definition) is 1. The number of aromatic nitrogens is 2. The molecule has 1 heterocycles. The Morgan fingerprint density at radius 1 is 1.24 bits per heavy atom. The van der Waals surface area contributed by atoms with Crippen molar-refractivity contribution in [2.45, 2.75) is 59.6 Å². The van der Waals surface area contributed by atoms with Gasteiger partial charge < -0.3 is 14.7 Å². The van der Waals surface area contributed by atoms with E-state index in [1.54, 1.807) is 12.4 Å².